The molecule has 13 heavy (non-hydrogen) atoms. The average molecular weight is 248 g/mol. The van der Waals surface area contributed by atoms with Crippen molar-refractivity contribution in [2.24, 2.45) is 0 Å². The highest BCUT2D eigenvalue weighted by Crippen LogP contribution is 2.07. The van der Waals surface area contributed by atoms with Crippen LogP contribution in [0.4, 0.5) is 0 Å². The minimum atomic E-state index is -0.232. The third kappa shape index (κ3) is 4.07. The summed E-state index contributed by atoms with van der Waals surface area (Å²) in [7, 11) is 1.85. The third-order valence-electron chi connectivity index (χ3n) is 1.36. The molecule has 1 aliphatic heterocycles. The SMILES string of the molecule is CCOC(=O)CN1[C+]N(C)C=C1.[Br-]. The van der Waals surface area contributed by atoms with Gasteiger partial charge in [0.25, 0.3) is 0 Å². The number of ether oxygens (including phenoxy) is 1. The first-order chi connectivity index (χ1) is 5.72. The lowest BCUT2D eigenvalue weighted by molar-refractivity contribution is -0.143. The summed E-state index contributed by atoms with van der Waals surface area (Å²) in [5.74, 6) is -0.232. The molecule has 1 radical (unpaired) electrons. The fourth-order valence-corrected chi connectivity index (χ4v) is 0.884. The van der Waals surface area contributed by atoms with Crippen LogP contribution in [0.3, 0.4) is 0 Å². The molecule has 4 nitrogen and oxygen atoms in total. The summed E-state index contributed by atoms with van der Waals surface area (Å²) >= 11 is 0. The molecule has 0 aromatic rings. The molecule has 0 spiro atoms. The van der Waals surface area contributed by atoms with Crippen LogP contribution in [0.15, 0.2) is 12.4 Å². The molecular formula is C8H12BrN2O2. The number of hydrogen-bond acceptors (Lipinski definition) is 4. The first-order valence-corrected chi connectivity index (χ1v) is 3.82. The van der Waals surface area contributed by atoms with E-state index >= 15 is 0 Å². The molecule has 0 saturated carbocycles. The number of carbonyl (C=O) groups excluding carboxylic acids is 1. The zero-order chi connectivity index (χ0) is 8.97. The van der Waals surface area contributed by atoms with Crippen molar-refractivity contribution < 1.29 is 26.5 Å². The molecule has 0 aromatic heterocycles. The maximum Gasteiger partial charge on any atom is 0.564 e. The zero-order valence-corrected chi connectivity index (χ0v) is 9.24. The minimum absolute atomic E-state index is 0. The first kappa shape index (κ1) is 12.2. The highest BCUT2D eigenvalue weighted by molar-refractivity contribution is 5.71. The molecule has 5 heteroatoms. The Kier molecular flexibility index (Phi) is 5.37. The maximum atomic E-state index is 10.9. The average Bonchev–Trinajstić information content (AvgIpc) is 2.36. The molecule has 0 fully saturated rings. The van der Waals surface area contributed by atoms with Crippen LogP contribution < -0.4 is 17.0 Å². The van der Waals surface area contributed by atoms with Gasteiger partial charge in [0, 0.05) is 0 Å². The number of carbonyl (C=O) groups is 1. The lowest BCUT2D eigenvalue weighted by Gasteiger charge is -2.01. The van der Waals surface area contributed by atoms with Gasteiger partial charge >= 0.3 is 12.6 Å². The molecular weight excluding hydrogens is 236 g/mol. The van der Waals surface area contributed by atoms with Crippen molar-refractivity contribution in [3.05, 3.63) is 19.1 Å². The van der Waals surface area contributed by atoms with Gasteiger partial charge in [-0.1, -0.05) is 0 Å². The Balaban J connectivity index is 0.00000144. The molecule has 0 atom stereocenters. The second-order valence-corrected chi connectivity index (χ2v) is 2.44. The molecule has 73 valence electrons. The largest absolute Gasteiger partial charge is 1.00 e. The molecule has 0 unspecified atom stereocenters. The summed E-state index contributed by atoms with van der Waals surface area (Å²) in [5, 5.41) is 0. The van der Waals surface area contributed by atoms with Gasteiger partial charge in [-0.3, -0.25) is 0 Å². The van der Waals surface area contributed by atoms with Crippen LogP contribution >= 0.6 is 0 Å². The molecule has 0 N–H and O–H groups in total. The van der Waals surface area contributed by atoms with Gasteiger partial charge in [0.05, 0.1) is 26.1 Å². The van der Waals surface area contributed by atoms with Crippen molar-refractivity contribution >= 4 is 5.97 Å². The van der Waals surface area contributed by atoms with E-state index < -0.39 is 0 Å². The van der Waals surface area contributed by atoms with Crippen LogP contribution in [0.1, 0.15) is 6.92 Å². The Bertz CT molecular complexity index is 197. The predicted octanol–water partition coefficient (Wildman–Crippen LogP) is -2.73. The van der Waals surface area contributed by atoms with Crippen molar-refractivity contribution in [3.63, 3.8) is 0 Å². The van der Waals surface area contributed by atoms with Crippen molar-refractivity contribution in [1.82, 2.24) is 9.80 Å². The van der Waals surface area contributed by atoms with E-state index in [0.29, 0.717) is 6.61 Å². The number of esters is 1. The number of nitrogens with zero attached hydrogens (tertiary/aromatic N) is 2. The highest BCUT2D eigenvalue weighted by Gasteiger charge is 2.29. The van der Waals surface area contributed by atoms with Crippen LogP contribution in [0.2, 0.25) is 0 Å². The van der Waals surface area contributed by atoms with Crippen LogP contribution in [0.25, 0.3) is 0 Å². The second-order valence-electron chi connectivity index (χ2n) is 2.44. The molecule has 0 bridgehead atoms. The lowest BCUT2D eigenvalue weighted by atomic mass is 10.6. The molecule has 1 heterocycles. The number of hydrogen-bond donors (Lipinski definition) is 0. The topological polar surface area (TPSA) is 32.8 Å². The van der Waals surface area contributed by atoms with E-state index in [1.165, 1.54) is 0 Å². The summed E-state index contributed by atoms with van der Waals surface area (Å²) in [5.41, 5.74) is 0. The molecule has 1 rings (SSSR count). The number of rotatable bonds is 3. The summed E-state index contributed by atoms with van der Waals surface area (Å²) in [6.07, 6.45) is 3.59. The molecule has 1 aliphatic rings. The molecule has 0 amide bonds. The van der Waals surface area contributed by atoms with E-state index in [0.717, 1.165) is 0 Å². The zero-order valence-electron chi connectivity index (χ0n) is 7.66. The Hall–Kier alpha value is -0.840. The maximum absolute atomic E-state index is 10.9. The van der Waals surface area contributed by atoms with Gasteiger partial charge in [-0.05, 0) is 6.92 Å². The third-order valence-corrected chi connectivity index (χ3v) is 1.36. The standard InChI is InChI=1S/C8H12N2O2.BrH/c1-3-12-8(11)6-10-5-4-9(2)7-10;/h4-5H,3,6H2,1-2H3;1H/q+1;/p-1. The first-order valence-electron chi connectivity index (χ1n) is 3.82. The fourth-order valence-electron chi connectivity index (χ4n) is 0.884. The van der Waals surface area contributed by atoms with Crippen molar-refractivity contribution in [2.75, 3.05) is 20.2 Å². The van der Waals surface area contributed by atoms with Crippen molar-refractivity contribution in [1.29, 1.82) is 0 Å². The van der Waals surface area contributed by atoms with Gasteiger partial charge in [0.2, 0.25) is 0 Å². The van der Waals surface area contributed by atoms with Crippen LogP contribution in [0.5, 0.6) is 0 Å². The summed E-state index contributed by atoms with van der Waals surface area (Å²) < 4.78 is 4.77. The van der Waals surface area contributed by atoms with E-state index in [1.54, 1.807) is 22.9 Å². The Morgan fingerprint density at radius 2 is 2.23 bits per heavy atom. The van der Waals surface area contributed by atoms with E-state index in [9.17, 15) is 4.79 Å². The van der Waals surface area contributed by atoms with Gasteiger partial charge < -0.3 is 21.7 Å². The van der Waals surface area contributed by atoms with Crippen LogP contribution in [-0.4, -0.2) is 36.0 Å². The van der Waals surface area contributed by atoms with Gasteiger partial charge in [-0.15, -0.1) is 9.80 Å². The van der Waals surface area contributed by atoms with E-state index in [4.69, 9.17) is 4.74 Å². The van der Waals surface area contributed by atoms with Crippen molar-refractivity contribution in [3.8, 4) is 0 Å². The minimum Gasteiger partial charge on any atom is -1.00 e. The van der Waals surface area contributed by atoms with Gasteiger partial charge in [0.1, 0.15) is 0 Å². The van der Waals surface area contributed by atoms with Gasteiger partial charge in [-0.25, -0.2) is 4.79 Å². The Labute approximate surface area is 88.9 Å². The Morgan fingerprint density at radius 1 is 1.54 bits per heavy atom. The molecule has 0 aliphatic carbocycles. The highest BCUT2D eigenvalue weighted by atomic mass is 79.9. The van der Waals surface area contributed by atoms with Crippen molar-refractivity contribution in [2.45, 2.75) is 6.92 Å². The lowest BCUT2D eigenvalue weighted by Crippen LogP contribution is -3.00. The second kappa shape index (κ2) is 5.75. The smallest absolute Gasteiger partial charge is 0.564 e. The van der Waals surface area contributed by atoms with E-state index in [1.807, 2.05) is 13.2 Å². The van der Waals surface area contributed by atoms with Gasteiger partial charge in [-0.2, -0.15) is 0 Å². The molecule has 0 aromatic carbocycles. The van der Waals surface area contributed by atoms with E-state index in [-0.39, 0.29) is 29.5 Å². The fraction of sp³-hybridized carbons (Fsp3) is 0.500. The predicted molar refractivity (Wildman–Crippen MR) is 43.5 cm³/mol. The van der Waals surface area contributed by atoms with Crippen LogP contribution in [-0.2, 0) is 9.53 Å². The summed E-state index contributed by atoms with van der Waals surface area (Å²) in [6, 6.07) is 0. The quantitative estimate of drug-likeness (QED) is 0.401. The molecule has 0 saturated heterocycles. The summed E-state index contributed by atoms with van der Waals surface area (Å²) in [4.78, 5) is 14.3. The Morgan fingerprint density at radius 3 is 2.69 bits per heavy atom. The normalized spacial score (nSPS) is 13.7. The van der Waals surface area contributed by atoms with E-state index in [2.05, 4.69) is 6.67 Å². The monoisotopic (exact) mass is 247 g/mol. The van der Waals surface area contributed by atoms with Crippen LogP contribution in [0, 0.1) is 6.67 Å². The number of halogens is 1. The van der Waals surface area contributed by atoms with Gasteiger partial charge in [0.15, 0.2) is 6.54 Å². The summed E-state index contributed by atoms with van der Waals surface area (Å²) in [6.45, 7) is 5.34.